The summed E-state index contributed by atoms with van der Waals surface area (Å²) in [6.45, 7) is 2.85. The summed E-state index contributed by atoms with van der Waals surface area (Å²) < 4.78 is 33.0. The van der Waals surface area contributed by atoms with E-state index >= 15 is 0 Å². The molecule has 0 spiro atoms. The third kappa shape index (κ3) is 5.96. The van der Waals surface area contributed by atoms with Gasteiger partial charge in [0.25, 0.3) is 0 Å². The number of benzene rings is 2. The van der Waals surface area contributed by atoms with Gasteiger partial charge in [-0.1, -0.05) is 18.2 Å². The number of para-hydroxylation sites is 1. The van der Waals surface area contributed by atoms with E-state index in [-0.39, 0.29) is 17.2 Å². The Kier molecular flexibility index (Phi) is 7.48. The molecule has 166 valence electrons. The zero-order chi connectivity index (χ0) is 22.3. The van der Waals surface area contributed by atoms with Crippen LogP contribution in [0.4, 0.5) is 16.2 Å². The molecule has 0 aliphatic carbocycles. The van der Waals surface area contributed by atoms with Crippen LogP contribution in [0.3, 0.4) is 0 Å². The van der Waals surface area contributed by atoms with E-state index in [0.717, 1.165) is 12.8 Å². The molecule has 0 radical (unpaired) electrons. The van der Waals surface area contributed by atoms with Gasteiger partial charge in [0, 0.05) is 24.5 Å². The number of anilines is 2. The molecule has 0 unspecified atom stereocenters. The van der Waals surface area contributed by atoms with Crippen molar-refractivity contribution in [1.29, 1.82) is 0 Å². The minimum Gasteiger partial charge on any atom is -0.492 e. The number of amides is 3. The van der Waals surface area contributed by atoms with Gasteiger partial charge in [0.2, 0.25) is 15.9 Å². The Morgan fingerprint density at radius 3 is 2.42 bits per heavy atom. The predicted octanol–water partition coefficient (Wildman–Crippen LogP) is 2.63. The summed E-state index contributed by atoms with van der Waals surface area (Å²) in [6.07, 6.45) is 1.65. The van der Waals surface area contributed by atoms with Crippen LogP contribution in [0.15, 0.2) is 53.4 Å². The van der Waals surface area contributed by atoms with Crippen LogP contribution < -0.4 is 20.7 Å². The molecule has 0 aromatic heterocycles. The molecular formula is C21H26N4O5S. The minimum absolute atomic E-state index is 0.0588. The average molecular weight is 447 g/mol. The molecular weight excluding hydrogens is 420 g/mol. The number of nitrogens with zero attached hydrogens (tertiary/aromatic N) is 1. The number of imide groups is 1. The topological polar surface area (TPSA) is 117 Å². The summed E-state index contributed by atoms with van der Waals surface area (Å²) in [5.41, 5.74) is 0.990. The second-order valence-corrected chi connectivity index (χ2v) is 8.83. The first-order chi connectivity index (χ1) is 14.9. The monoisotopic (exact) mass is 446 g/mol. The molecule has 3 amide bonds. The normalized spacial score (nSPS) is 14.1. The SMILES string of the molecule is CCOc1ccc(NCC(=O)NC(=O)Nc2ccccc2)cc1S(=O)(=O)N1CCCC1. The number of urea groups is 1. The number of sulfonamides is 1. The Bertz CT molecular complexity index is 1020. The number of carbonyl (C=O) groups excluding carboxylic acids is 2. The number of rotatable bonds is 8. The van der Waals surface area contributed by atoms with Gasteiger partial charge >= 0.3 is 6.03 Å². The molecule has 0 atom stereocenters. The highest BCUT2D eigenvalue weighted by Gasteiger charge is 2.30. The van der Waals surface area contributed by atoms with Crippen molar-refractivity contribution in [1.82, 2.24) is 9.62 Å². The van der Waals surface area contributed by atoms with Crippen molar-refractivity contribution in [3.05, 3.63) is 48.5 Å². The largest absolute Gasteiger partial charge is 0.492 e. The fraction of sp³-hybridized carbons (Fsp3) is 0.333. The summed E-state index contributed by atoms with van der Waals surface area (Å²) in [5.74, 6) is -0.294. The first kappa shape index (κ1) is 22.6. The van der Waals surface area contributed by atoms with Crippen LogP contribution in [-0.2, 0) is 14.8 Å². The van der Waals surface area contributed by atoms with Crippen molar-refractivity contribution in [3.63, 3.8) is 0 Å². The molecule has 0 bridgehead atoms. The molecule has 2 aromatic rings. The van der Waals surface area contributed by atoms with Crippen molar-refractivity contribution in [3.8, 4) is 5.75 Å². The fourth-order valence-corrected chi connectivity index (χ4v) is 4.87. The van der Waals surface area contributed by atoms with Crippen molar-refractivity contribution in [2.75, 3.05) is 36.9 Å². The fourth-order valence-electron chi connectivity index (χ4n) is 3.20. The maximum Gasteiger partial charge on any atom is 0.325 e. The van der Waals surface area contributed by atoms with Crippen molar-refractivity contribution in [2.24, 2.45) is 0 Å². The van der Waals surface area contributed by atoms with Gasteiger partial charge in [0.05, 0.1) is 13.2 Å². The lowest BCUT2D eigenvalue weighted by molar-refractivity contribution is -0.118. The molecule has 31 heavy (non-hydrogen) atoms. The van der Waals surface area contributed by atoms with Crippen LogP contribution in [0.5, 0.6) is 5.75 Å². The third-order valence-electron chi connectivity index (χ3n) is 4.66. The van der Waals surface area contributed by atoms with E-state index in [9.17, 15) is 18.0 Å². The Morgan fingerprint density at radius 1 is 1.03 bits per heavy atom. The molecule has 9 nitrogen and oxygen atoms in total. The molecule has 2 aromatic carbocycles. The summed E-state index contributed by atoms with van der Waals surface area (Å²) in [5, 5.41) is 7.63. The Morgan fingerprint density at radius 2 is 1.74 bits per heavy atom. The van der Waals surface area contributed by atoms with Gasteiger partial charge < -0.3 is 15.4 Å². The molecule has 1 saturated heterocycles. The number of hydrogen-bond donors (Lipinski definition) is 3. The average Bonchev–Trinajstić information content (AvgIpc) is 3.29. The second kappa shape index (κ2) is 10.3. The smallest absolute Gasteiger partial charge is 0.325 e. The van der Waals surface area contributed by atoms with Gasteiger partial charge in [-0.15, -0.1) is 0 Å². The van der Waals surface area contributed by atoms with Gasteiger partial charge in [0.1, 0.15) is 10.6 Å². The van der Waals surface area contributed by atoms with Crippen LogP contribution in [0.1, 0.15) is 19.8 Å². The predicted molar refractivity (Wildman–Crippen MR) is 118 cm³/mol. The summed E-state index contributed by atoms with van der Waals surface area (Å²) >= 11 is 0. The molecule has 1 fully saturated rings. The molecule has 1 aliphatic rings. The zero-order valence-electron chi connectivity index (χ0n) is 17.3. The van der Waals surface area contributed by atoms with Gasteiger partial charge in [0.15, 0.2) is 0 Å². The second-order valence-electron chi connectivity index (χ2n) is 6.93. The zero-order valence-corrected chi connectivity index (χ0v) is 18.1. The molecule has 3 rings (SSSR count). The van der Waals surface area contributed by atoms with Crippen LogP contribution >= 0.6 is 0 Å². The van der Waals surface area contributed by atoms with Crippen LogP contribution in [0.2, 0.25) is 0 Å². The lowest BCUT2D eigenvalue weighted by Crippen LogP contribution is -2.38. The lowest BCUT2D eigenvalue weighted by Gasteiger charge is -2.19. The highest BCUT2D eigenvalue weighted by molar-refractivity contribution is 7.89. The molecule has 1 aliphatic heterocycles. The quantitative estimate of drug-likeness (QED) is 0.574. The molecule has 3 N–H and O–H groups in total. The standard InChI is InChI=1S/C21H26N4O5S/c1-2-30-18-11-10-17(14-19(18)31(28,29)25-12-6-7-13-25)22-15-20(26)24-21(27)23-16-8-4-3-5-9-16/h3-5,8-11,14,22H,2,6-7,12-13,15H2,1H3,(H2,23,24,26,27). The van der Waals surface area contributed by atoms with Gasteiger partial charge in [-0.3, -0.25) is 10.1 Å². The van der Waals surface area contributed by atoms with E-state index in [1.54, 1.807) is 43.3 Å². The highest BCUT2D eigenvalue weighted by Crippen LogP contribution is 2.31. The van der Waals surface area contributed by atoms with E-state index < -0.39 is 22.0 Å². The molecule has 10 heteroatoms. The third-order valence-corrected chi connectivity index (χ3v) is 6.58. The van der Waals surface area contributed by atoms with Crippen molar-refractivity contribution < 1.29 is 22.7 Å². The van der Waals surface area contributed by atoms with Gasteiger partial charge in [-0.2, -0.15) is 4.31 Å². The Hall–Kier alpha value is -3.11. The van der Waals surface area contributed by atoms with Crippen LogP contribution in [0, 0.1) is 0 Å². The van der Waals surface area contributed by atoms with E-state index in [2.05, 4.69) is 16.0 Å². The number of hydrogen-bond acceptors (Lipinski definition) is 6. The van der Waals surface area contributed by atoms with E-state index in [0.29, 0.717) is 31.1 Å². The number of carbonyl (C=O) groups is 2. The van der Waals surface area contributed by atoms with E-state index in [1.165, 1.54) is 10.4 Å². The molecule has 1 heterocycles. The number of nitrogens with one attached hydrogen (secondary N) is 3. The van der Waals surface area contributed by atoms with Crippen LogP contribution in [-0.4, -0.2) is 50.9 Å². The maximum absolute atomic E-state index is 13.0. The first-order valence-corrected chi connectivity index (χ1v) is 11.5. The van der Waals surface area contributed by atoms with E-state index in [1.807, 2.05) is 6.07 Å². The summed E-state index contributed by atoms with van der Waals surface area (Å²) in [4.78, 5) is 24.1. The van der Waals surface area contributed by atoms with Crippen molar-refractivity contribution in [2.45, 2.75) is 24.7 Å². The molecule has 0 saturated carbocycles. The minimum atomic E-state index is -3.70. The number of ether oxygens (including phenoxy) is 1. The first-order valence-electron chi connectivity index (χ1n) is 10.1. The lowest BCUT2D eigenvalue weighted by atomic mass is 10.3. The van der Waals surface area contributed by atoms with Crippen LogP contribution in [0.25, 0.3) is 0 Å². The van der Waals surface area contributed by atoms with Gasteiger partial charge in [-0.25, -0.2) is 13.2 Å². The maximum atomic E-state index is 13.0. The highest BCUT2D eigenvalue weighted by atomic mass is 32.2. The Balaban J connectivity index is 1.64. The summed E-state index contributed by atoms with van der Waals surface area (Å²) in [7, 11) is -3.70. The van der Waals surface area contributed by atoms with Gasteiger partial charge in [-0.05, 0) is 50.1 Å². The van der Waals surface area contributed by atoms with Crippen molar-refractivity contribution >= 4 is 33.3 Å². The van der Waals surface area contributed by atoms with E-state index in [4.69, 9.17) is 4.74 Å². The summed E-state index contributed by atoms with van der Waals surface area (Å²) in [6, 6.07) is 12.7. The Labute approximate surface area is 181 Å².